The largest absolute Gasteiger partial charge is 0.360 e. The van der Waals surface area contributed by atoms with Gasteiger partial charge in [0.1, 0.15) is 0 Å². The van der Waals surface area contributed by atoms with Crippen LogP contribution in [0.3, 0.4) is 0 Å². The van der Waals surface area contributed by atoms with Gasteiger partial charge >= 0.3 is 0 Å². The Morgan fingerprint density at radius 2 is 2.17 bits per heavy atom. The van der Waals surface area contributed by atoms with Gasteiger partial charge in [-0.2, -0.15) is 0 Å². The Labute approximate surface area is 78.8 Å². The van der Waals surface area contributed by atoms with E-state index in [1.807, 2.05) is 30.5 Å². The van der Waals surface area contributed by atoms with Crippen LogP contribution in [0.2, 0.25) is 0 Å². The Kier molecular flexibility index (Phi) is 1.96. The monoisotopic (exact) mass is 222 g/mol. The van der Waals surface area contributed by atoms with Crippen molar-refractivity contribution in [3.05, 3.63) is 41.1 Å². The zero-order valence-electron chi connectivity index (χ0n) is 6.29. The van der Waals surface area contributed by atoms with Crippen LogP contribution >= 0.6 is 15.9 Å². The molecule has 12 heavy (non-hydrogen) atoms. The lowest BCUT2D eigenvalue weighted by molar-refractivity contribution is 1.27. The quantitative estimate of drug-likeness (QED) is 0.791. The van der Waals surface area contributed by atoms with Gasteiger partial charge in [0, 0.05) is 16.9 Å². The van der Waals surface area contributed by atoms with E-state index >= 15 is 0 Å². The highest BCUT2D eigenvalue weighted by molar-refractivity contribution is 9.10. The first-order chi connectivity index (χ1) is 5.86. The molecule has 0 aliphatic rings. The number of hydrogen-bond acceptors (Lipinski definition) is 1. The van der Waals surface area contributed by atoms with Crippen molar-refractivity contribution in [2.45, 2.75) is 0 Å². The molecule has 0 bridgehead atoms. The number of aromatic nitrogens is 2. The van der Waals surface area contributed by atoms with Gasteiger partial charge in [-0.05, 0) is 40.2 Å². The maximum absolute atomic E-state index is 4.24. The van der Waals surface area contributed by atoms with Crippen molar-refractivity contribution in [2.24, 2.45) is 0 Å². The molecule has 0 fully saturated rings. The summed E-state index contributed by atoms with van der Waals surface area (Å²) in [6, 6.07) is 7.90. The van der Waals surface area contributed by atoms with Crippen molar-refractivity contribution in [1.29, 1.82) is 0 Å². The third-order valence-electron chi connectivity index (χ3n) is 1.60. The highest BCUT2D eigenvalue weighted by atomic mass is 79.9. The normalized spacial score (nSPS) is 10.1. The maximum atomic E-state index is 4.24. The maximum Gasteiger partial charge on any atom is 0.0865 e. The molecule has 0 amide bonds. The fraction of sp³-hybridized carbons (Fsp3) is 0. The highest BCUT2D eigenvalue weighted by Crippen LogP contribution is 2.16. The minimum absolute atomic E-state index is 0.961. The zero-order chi connectivity index (χ0) is 8.39. The van der Waals surface area contributed by atoms with Crippen LogP contribution in [0.1, 0.15) is 0 Å². The van der Waals surface area contributed by atoms with E-state index in [-0.39, 0.29) is 0 Å². The molecule has 2 aromatic heterocycles. The van der Waals surface area contributed by atoms with Crippen LogP contribution in [0, 0.1) is 0 Å². The SMILES string of the molecule is Brc1ccc(-c2ccc[nH]2)nc1. The van der Waals surface area contributed by atoms with Crippen LogP contribution in [0.4, 0.5) is 0 Å². The Hall–Kier alpha value is -1.09. The zero-order valence-corrected chi connectivity index (χ0v) is 7.88. The molecule has 2 aromatic rings. The summed E-state index contributed by atoms with van der Waals surface area (Å²) in [5.41, 5.74) is 2.01. The van der Waals surface area contributed by atoms with Crippen molar-refractivity contribution < 1.29 is 0 Å². The Morgan fingerprint density at radius 1 is 1.25 bits per heavy atom. The topological polar surface area (TPSA) is 28.7 Å². The Balaban J connectivity index is 2.43. The van der Waals surface area contributed by atoms with Crippen molar-refractivity contribution in [3.8, 4) is 11.4 Å². The second kappa shape index (κ2) is 3.11. The molecule has 0 saturated carbocycles. The van der Waals surface area contributed by atoms with E-state index in [0.717, 1.165) is 15.9 Å². The number of pyridine rings is 1. The molecule has 0 aromatic carbocycles. The van der Waals surface area contributed by atoms with E-state index in [4.69, 9.17) is 0 Å². The average Bonchev–Trinajstić information content (AvgIpc) is 2.58. The molecule has 0 unspecified atom stereocenters. The van der Waals surface area contributed by atoms with Gasteiger partial charge in [-0.1, -0.05) is 0 Å². The third kappa shape index (κ3) is 1.41. The number of nitrogens with one attached hydrogen (secondary N) is 1. The van der Waals surface area contributed by atoms with Crippen molar-refractivity contribution in [1.82, 2.24) is 9.97 Å². The van der Waals surface area contributed by atoms with Crippen LogP contribution < -0.4 is 0 Å². The number of H-pyrrole nitrogens is 1. The van der Waals surface area contributed by atoms with Gasteiger partial charge in [0.25, 0.3) is 0 Å². The van der Waals surface area contributed by atoms with Gasteiger partial charge in [-0.3, -0.25) is 4.98 Å². The molecule has 2 nitrogen and oxygen atoms in total. The fourth-order valence-electron chi connectivity index (χ4n) is 1.02. The number of rotatable bonds is 1. The summed E-state index contributed by atoms with van der Waals surface area (Å²) in [4.78, 5) is 7.34. The predicted molar refractivity (Wildman–Crippen MR) is 51.7 cm³/mol. The molecule has 0 atom stereocenters. The molecule has 60 valence electrons. The molecule has 2 rings (SSSR count). The average molecular weight is 223 g/mol. The van der Waals surface area contributed by atoms with E-state index < -0.39 is 0 Å². The summed E-state index contributed by atoms with van der Waals surface area (Å²) in [5, 5.41) is 0. The fourth-order valence-corrected chi connectivity index (χ4v) is 1.26. The lowest BCUT2D eigenvalue weighted by Crippen LogP contribution is -1.81. The third-order valence-corrected chi connectivity index (χ3v) is 2.07. The van der Waals surface area contributed by atoms with Crippen molar-refractivity contribution in [2.75, 3.05) is 0 Å². The molecular weight excluding hydrogens is 216 g/mol. The summed E-state index contributed by atoms with van der Waals surface area (Å²) in [5.74, 6) is 0. The lowest BCUT2D eigenvalue weighted by Gasteiger charge is -1.95. The minimum atomic E-state index is 0.961. The van der Waals surface area contributed by atoms with Crippen LogP contribution in [-0.4, -0.2) is 9.97 Å². The summed E-state index contributed by atoms with van der Waals surface area (Å²) in [6.45, 7) is 0. The van der Waals surface area contributed by atoms with Crippen LogP contribution in [0.5, 0.6) is 0 Å². The van der Waals surface area contributed by atoms with Gasteiger partial charge in [-0.25, -0.2) is 0 Å². The first-order valence-electron chi connectivity index (χ1n) is 3.61. The van der Waals surface area contributed by atoms with E-state index in [1.54, 1.807) is 6.20 Å². The summed E-state index contributed by atoms with van der Waals surface area (Å²) >= 11 is 3.34. The first-order valence-corrected chi connectivity index (χ1v) is 4.41. The highest BCUT2D eigenvalue weighted by Gasteiger charge is 1.97. The second-order valence-corrected chi connectivity index (χ2v) is 3.36. The molecule has 0 radical (unpaired) electrons. The van der Waals surface area contributed by atoms with E-state index in [1.165, 1.54) is 0 Å². The summed E-state index contributed by atoms with van der Waals surface area (Å²) < 4.78 is 0.998. The molecule has 0 saturated heterocycles. The first kappa shape index (κ1) is 7.55. The second-order valence-electron chi connectivity index (χ2n) is 2.45. The summed E-state index contributed by atoms with van der Waals surface area (Å²) in [6.07, 6.45) is 3.68. The Morgan fingerprint density at radius 3 is 2.75 bits per heavy atom. The smallest absolute Gasteiger partial charge is 0.0865 e. The molecule has 0 aliphatic heterocycles. The van der Waals surface area contributed by atoms with Gasteiger partial charge in [0.2, 0.25) is 0 Å². The minimum Gasteiger partial charge on any atom is -0.360 e. The van der Waals surface area contributed by atoms with Crippen molar-refractivity contribution >= 4 is 15.9 Å². The molecule has 3 heteroatoms. The molecular formula is C9H7BrN2. The van der Waals surface area contributed by atoms with Crippen LogP contribution in [-0.2, 0) is 0 Å². The van der Waals surface area contributed by atoms with Crippen molar-refractivity contribution in [3.63, 3.8) is 0 Å². The van der Waals surface area contributed by atoms with Crippen LogP contribution in [0.15, 0.2) is 41.1 Å². The summed E-state index contributed by atoms with van der Waals surface area (Å²) in [7, 11) is 0. The number of nitrogens with zero attached hydrogens (tertiary/aromatic N) is 1. The number of halogens is 1. The van der Waals surface area contributed by atoms with Gasteiger partial charge in [0.05, 0.1) is 11.4 Å². The van der Waals surface area contributed by atoms with E-state index in [9.17, 15) is 0 Å². The molecule has 1 N–H and O–H groups in total. The molecule has 0 spiro atoms. The molecule has 0 aliphatic carbocycles. The Bertz CT molecular complexity index is 351. The van der Waals surface area contributed by atoms with E-state index in [2.05, 4.69) is 25.9 Å². The number of aromatic amines is 1. The lowest BCUT2D eigenvalue weighted by atomic mass is 10.3. The van der Waals surface area contributed by atoms with E-state index in [0.29, 0.717) is 0 Å². The number of hydrogen-bond donors (Lipinski definition) is 1. The predicted octanol–water partition coefficient (Wildman–Crippen LogP) is 2.84. The van der Waals surface area contributed by atoms with Gasteiger partial charge in [-0.15, -0.1) is 0 Å². The van der Waals surface area contributed by atoms with Crippen LogP contribution in [0.25, 0.3) is 11.4 Å². The standard InChI is InChI=1S/C9H7BrN2/c10-7-3-4-9(12-6-7)8-2-1-5-11-8/h1-6,11H. The van der Waals surface area contributed by atoms with Gasteiger partial charge in [0.15, 0.2) is 0 Å². The van der Waals surface area contributed by atoms with Gasteiger partial charge < -0.3 is 4.98 Å². The molecule has 2 heterocycles.